The van der Waals surface area contributed by atoms with Gasteiger partial charge in [-0.15, -0.1) is 0 Å². The number of rotatable bonds is 7. The van der Waals surface area contributed by atoms with Gasteiger partial charge in [-0.3, -0.25) is 18.0 Å². The fraction of sp³-hybridized carbons (Fsp3) is 0.364. The lowest BCUT2D eigenvalue weighted by molar-refractivity contribution is -0.0487. The maximum Gasteiger partial charge on any atom is 0.265 e. The summed E-state index contributed by atoms with van der Waals surface area (Å²) in [5, 5.41) is 0. The minimum absolute atomic E-state index is 0.000295. The molecular formula is C22H22O10S2. The Labute approximate surface area is 197 Å². The second-order valence-corrected chi connectivity index (χ2v) is 11.1. The molecule has 34 heavy (non-hydrogen) atoms. The predicted molar refractivity (Wildman–Crippen MR) is 119 cm³/mol. The molecule has 3 unspecified atom stereocenters. The first kappa shape index (κ1) is 24.5. The van der Waals surface area contributed by atoms with Crippen molar-refractivity contribution in [3.8, 4) is 5.75 Å². The molecule has 0 bridgehead atoms. The second kappa shape index (κ2) is 8.54. The molecular weight excluding hydrogens is 488 g/mol. The van der Waals surface area contributed by atoms with Gasteiger partial charge in [-0.05, 0) is 36.8 Å². The minimum Gasteiger partial charge on any atom is -0.497 e. The zero-order valence-electron chi connectivity index (χ0n) is 18.7. The van der Waals surface area contributed by atoms with E-state index in [9.17, 15) is 26.4 Å². The zero-order valence-corrected chi connectivity index (χ0v) is 20.4. The quantitative estimate of drug-likeness (QED) is 0.433. The van der Waals surface area contributed by atoms with Crippen LogP contribution < -0.4 is 4.74 Å². The van der Waals surface area contributed by atoms with Gasteiger partial charge >= 0.3 is 0 Å². The number of hydrogen-bond donors (Lipinski definition) is 0. The van der Waals surface area contributed by atoms with Crippen molar-refractivity contribution in [3.63, 3.8) is 0 Å². The second-order valence-electron chi connectivity index (χ2n) is 7.92. The summed E-state index contributed by atoms with van der Waals surface area (Å²) in [6.45, 7) is 1.73. The number of ketones is 2. The molecule has 0 amide bonds. The molecule has 0 saturated carbocycles. The summed E-state index contributed by atoms with van der Waals surface area (Å²) in [6.07, 6.45) is -2.42. The molecule has 0 saturated heterocycles. The first-order valence-electron chi connectivity index (χ1n) is 10.2. The van der Waals surface area contributed by atoms with Crippen LogP contribution in [-0.4, -0.2) is 60.7 Å². The smallest absolute Gasteiger partial charge is 0.265 e. The van der Waals surface area contributed by atoms with Crippen LogP contribution in [0.2, 0.25) is 0 Å². The van der Waals surface area contributed by atoms with Crippen LogP contribution in [0.4, 0.5) is 0 Å². The van der Waals surface area contributed by atoms with E-state index in [4.69, 9.17) is 17.8 Å². The first-order valence-corrected chi connectivity index (χ1v) is 13.8. The van der Waals surface area contributed by atoms with Crippen LogP contribution in [0.5, 0.6) is 5.75 Å². The molecule has 2 aliphatic carbocycles. The number of ether oxygens (including phenoxy) is 2. The zero-order chi connectivity index (χ0) is 25.0. The molecule has 3 atom stereocenters. The fourth-order valence-corrected chi connectivity index (χ4v) is 5.59. The number of hydrogen-bond acceptors (Lipinski definition) is 10. The Kier molecular flexibility index (Phi) is 6.15. The van der Waals surface area contributed by atoms with E-state index >= 15 is 0 Å². The molecule has 4 rings (SSSR count). The number of fused-ring (bicyclic) bond motifs is 4. The monoisotopic (exact) mass is 510 g/mol. The van der Waals surface area contributed by atoms with Crippen molar-refractivity contribution in [3.05, 3.63) is 63.7 Å². The first-order chi connectivity index (χ1) is 15.9. The Bertz CT molecular complexity index is 1410. The van der Waals surface area contributed by atoms with Gasteiger partial charge in [0.15, 0.2) is 11.6 Å². The van der Waals surface area contributed by atoms with Gasteiger partial charge in [0.25, 0.3) is 20.2 Å². The van der Waals surface area contributed by atoms with E-state index in [0.29, 0.717) is 5.75 Å². The van der Waals surface area contributed by atoms with E-state index in [0.717, 1.165) is 12.5 Å². The predicted octanol–water partition coefficient (Wildman–Crippen LogP) is 1.92. The summed E-state index contributed by atoms with van der Waals surface area (Å²) in [6, 6.07) is 7.30. The standard InChI is InChI=1S/C22H22O10S2/c1-5-30-21-17-14(20(31-33(3,25)26)22(21)32-34(4,27)28)9-8-13-16(17)19(24)12-7-6-11(29-2)10-15(12)18(13)23/h6-10,20-22H,5H2,1-4H3. The minimum atomic E-state index is -4.09. The molecule has 0 aliphatic heterocycles. The van der Waals surface area contributed by atoms with Gasteiger partial charge in [-0.2, -0.15) is 16.8 Å². The lowest BCUT2D eigenvalue weighted by atomic mass is 9.80. The van der Waals surface area contributed by atoms with Crippen LogP contribution in [0, 0.1) is 0 Å². The number of methoxy groups -OCH3 is 1. The van der Waals surface area contributed by atoms with Gasteiger partial charge in [0.05, 0.1) is 19.6 Å². The van der Waals surface area contributed by atoms with E-state index in [2.05, 4.69) is 0 Å². The number of carbonyl (C=O) groups excluding carboxylic acids is 2. The Balaban J connectivity index is 1.97. The van der Waals surface area contributed by atoms with Gasteiger partial charge in [0.2, 0.25) is 0 Å². The van der Waals surface area contributed by atoms with Crippen LogP contribution in [0.3, 0.4) is 0 Å². The Morgan fingerprint density at radius 2 is 1.47 bits per heavy atom. The molecule has 0 radical (unpaired) electrons. The van der Waals surface area contributed by atoms with Crippen LogP contribution in [0.25, 0.3) is 0 Å². The average Bonchev–Trinajstić information content (AvgIpc) is 3.01. The third kappa shape index (κ3) is 4.27. The van der Waals surface area contributed by atoms with Crippen LogP contribution in [0.15, 0.2) is 30.3 Å². The molecule has 0 aromatic heterocycles. The van der Waals surface area contributed by atoms with Crippen LogP contribution in [0.1, 0.15) is 62.1 Å². The van der Waals surface area contributed by atoms with Gasteiger partial charge in [0.1, 0.15) is 24.1 Å². The van der Waals surface area contributed by atoms with Crippen LogP contribution >= 0.6 is 0 Å². The lowest BCUT2D eigenvalue weighted by Gasteiger charge is -2.25. The Hall–Kier alpha value is -2.64. The molecule has 2 aliphatic rings. The average molecular weight is 511 g/mol. The number of carbonyl (C=O) groups is 2. The van der Waals surface area contributed by atoms with Crippen molar-refractivity contribution in [2.75, 3.05) is 26.2 Å². The third-order valence-corrected chi connectivity index (χ3v) is 6.69. The fourth-order valence-electron chi connectivity index (χ4n) is 4.40. The summed E-state index contributed by atoms with van der Waals surface area (Å²) in [5.41, 5.74) is 0.731. The largest absolute Gasteiger partial charge is 0.497 e. The molecule has 182 valence electrons. The van der Waals surface area contributed by atoms with E-state index in [1.165, 1.54) is 31.4 Å². The van der Waals surface area contributed by atoms with E-state index in [1.54, 1.807) is 13.0 Å². The normalized spacial score (nSPS) is 21.7. The van der Waals surface area contributed by atoms with Gasteiger partial charge in [0, 0.05) is 34.4 Å². The van der Waals surface area contributed by atoms with Crippen LogP contribution in [-0.2, 0) is 33.3 Å². The summed E-state index contributed by atoms with van der Waals surface area (Å²) < 4.78 is 69.4. The molecule has 0 N–H and O–H groups in total. The highest BCUT2D eigenvalue weighted by atomic mass is 32.2. The van der Waals surface area contributed by atoms with E-state index < -0.39 is 50.1 Å². The summed E-state index contributed by atoms with van der Waals surface area (Å²) in [4.78, 5) is 26.9. The van der Waals surface area contributed by atoms with Crippen molar-refractivity contribution in [1.82, 2.24) is 0 Å². The Morgan fingerprint density at radius 1 is 0.824 bits per heavy atom. The van der Waals surface area contributed by atoms with Crippen molar-refractivity contribution in [2.24, 2.45) is 0 Å². The van der Waals surface area contributed by atoms with Crippen molar-refractivity contribution in [1.29, 1.82) is 0 Å². The highest BCUT2D eigenvalue weighted by Crippen LogP contribution is 2.50. The molecule has 0 heterocycles. The molecule has 2 aromatic rings. The third-order valence-electron chi connectivity index (χ3n) is 5.57. The van der Waals surface area contributed by atoms with Gasteiger partial charge in [-0.1, -0.05) is 6.07 Å². The topological polar surface area (TPSA) is 139 Å². The number of benzene rings is 2. The molecule has 2 aromatic carbocycles. The highest BCUT2D eigenvalue weighted by molar-refractivity contribution is 7.86. The molecule has 12 heteroatoms. The maximum absolute atomic E-state index is 13.6. The molecule has 0 spiro atoms. The SMILES string of the molecule is CCOC1c2c(ccc3c2C(=O)c2ccc(OC)cc2C3=O)C(OS(C)(=O)=O)C1OS(C)(=O)=O. The van der Waals surface area contributed by atoms with E-state index in [-0.39, 0.29) is 40.0 Å². The lowest BCUT2D eigenvalue weighted by Crippen LogP contribution is -2.30. The van der Waals surface area contributed by atoms with Crippen molar-refractivity contribution >= 4 is 31.8 Å². The highest BCUT2D eigenvalue weighted by Gasteiger charge is 2.50. The van der Waals surface area contributed by atoms with Gasteiger partial charge < -0.3 is 9.47 Å². The summed E-state index contributed by atoms with van der Waals surface area (Å²) in [7, 11) is -6.72. The van der Waals surface area contributed by atoms with Crippen molar-refractivity contribution < 1.29 is 44.3 Å². The summed E-state index contributed by atoms with van der Waals surface area (Å²) in [5.74, 6) is -0.526. The van der Waals surface area contributed by atoms with Crippen molar-refractivity contribution in [2.45, 2.75) is 25.2 Å². The molecule has 10 nitrogen and oxygen atoms in total. The van der Waals surface area contributed by atoms with E-state index in [1.807, 2.05) is 0 Å². The maximum atomic E-state index is 13.6. The molecule has 0 fully saturated rings. The Morgan fingerprint density at radius 3 is 2.06 bits per heavy atom. The van der Waals surface area contributed by atoms with Gasteiger partial charge in [-0.25, -0.2) is 0 Å². The summed E-state index contributed by atoms with van der Waals surface area (Å²) >= 11 is 0.